The number of ether oxygens (including phenoxy) is 2. The number of guanidine groups is 1. The van der Waals surface area contributed by atoms with Crippen LogP contribution in [0, 0.1) is 0 Å². The van der Waals surface area contributed by atoms with E-state index in [0.29, 0.717) is 24.6 Å². The summed E-state index contributed by atoms with van der Waals surface area (Å²) in [6.45, 7) is 0.976. The highest BCUT2D eigenvalue weighted by Crippen LogP contribution is 2.24. The third-order valence-electron chi connectivity index (χ3n) is 3.79. The molecule has 5 nitrogen and oxygen atoms in total. The van der Waals surface area contributed by atoms with Gasteiger partial charge in [0, 0.05) is 32.3 Å². The Morgan fingerprint density at radius 3 is 2.83 bits per heavy atom. The molecule has 1 heterocycles. The van der Waals surface area contributed by atoms with Gasteiger partial charge in [-0.2, -0.15) is 8.78 Å². The lowest BCUT2D eigenvalue weighted by Crippen LogP contribution is -2.45. The van der Waals surface area contributed by atoms with Crippen LogP contribution in [0.2, 0.25) is 0 Å². The lowest BCUT2D eigenvalue weighted by molar-refractivity contribution is -0.0504. The van der Waals surface area contributed by atoms with Crippen LogP contribution in [0.1, 0.15) is 25.3 Å². The molecule has 1 aliphatic rings. The zero-order chi connectivity index (χ0) is 16.7. The van der Waals surface area contributed by atoms with Crippen LogP contribution in [0.15, 0.2) is 29.3 Å². The van der Waals surface area contributed by atoms with Crippen LogP contribution in [0.25, 0.3) is 0 Å². The minimum atomic E-state index is -2.84. The zero-order valence-electron chi connectivity index (χ0n) is 13.4. The number of rotatable bonds is 6. The topological polar surface area (TPSA) is 54.9 Å². The van der Waals surface area contributed by atoms with Gasteiger partial charge in [-0.3, -0.25) is 4.99 Å². The Kier molecular flexibility index (Phi) is 6.15. The Morgan fingerprint density at radius 2 is 2.17 bits per heavy atom. The van der Waals surface area contributed by atoms with Crippen LogP contribution >= 0.6 is 0 Å². The van der Waals surface area contributed by atoms with E-state index in [1.807, 2.05) is 0 Å². The molecule has 7 heteroatoms. The highest BCUT2D eigenvalue weighted by molar-refractivity contribution is 5.79. The summed E-state index contributed by atoms with van der Waals surface area (Å²) in [5.41, 5.74) is 0.452. The predicted molar refractivity (Wildman–Crippen MR) is 84.9 cm³/mol. The second-order valence-corrected chi connectivity index (χ2v) is 5.67. The molecular formula is C16H23F2N3O2. The summed E-state index contributed by atoms with van der Waals surface area (Å²) in [5.74, 6) is 0.755. The number of alkyl halides is 2. The Morgan fingerprint density at radius 1 is 1.39 bits per heavy atom. The van der Waals surface area contributed by atoms with E-state index in [-0.39, 0.29) is 11.4 Å². The quantitative estimate of drug-likeness (QED) is 0.623. The fourth-order valence-corrected chi connectivity index (χ4v) is 2.51. The lowest BCUT2D eigenvalue weighted by Gasteiger charge is -2.24. The molecule has 1 atom stereocenters. The van der Waals surface area contributed by atoms with Gasteiger partial charge in [-0.05, 0) is 25.8 Å². The van der Waals surface area contributed by atoms with Crippen LogP contribution < -0.4 is 15.4 Å². The smallest absolute Gasteiger partial charge is 0.387 e. The van der Waals surface area contributed by atoms with Crippen molar-refractivity contribution in [2.24, 2.45) is 4.99 Å². The Labute approximate surface area is 135 Å². The molecule has 1 unspecified atom stereocenters. The van der Waals surface area contributed by atoms with Gasteiger partial charge in [-0.25, -0.2) is 0 Å². The molecule has 23 heavy (non-hydrogen) atoms. The average Bonchev–Trinajstić information content (AvgIpc) is 2.95. The molecule has 0 amide bonds. The van der Waals surface area contributed by atoms with Crippen molar-refractivity contribution in [2.45, 2.75) is 38.5 Å². The van der Waals surface area contributed by atoms with Crippen molar-refractivity contribution in [3.63, 3.8) is 0 Å². The first kappa shape index (κ1) is 17.5. The van der Waals surface area contributed by atoms with Gasteiger partial charge in [-0.1, -0.05) is 18.2 Å². The monoisotopic (exact) mass is 327 g/mol. The largest absolute Gasteiger partial charge is 0.434 e. The van der Waals surface area contributed by atoms with Crippen LogP contribution in [-0.4, -0.2) is 38.4 Å². The molecule has 1 aromatic carbocycles. The first-order valence-electron chi connectivity index (χ1n) is 7.63. The Balaban J connectivity index is 1.88. The maximum atomic E-state index is 12.4. The van der Waals surface area contributed by atoms with E-state index in [2.05, 4.69) is 27.3 Å². The minimum absolute atomic E-state index is 0.163. The van der Waals surface area contributed by atoms with Crippen molar-refractivity contribution in [1.82, 2.24) is 10.6 Å². The predicted octanol–water partition coefficient (Wildman–Crippen LogP) is 2.52. The standard InChI is InChI=1S/C16H23F2N3O2/c1-16(8-5-9-22-16)11-21-15(19-2)20-10-12-6-3-4-7-13(12)23-14(17)18/h3-4,6-7,14H,5,8-11H2,1-2H3,(H2,19,20,21). The summed E-state index contributed by atoms with van der Waals surface area (Å²) in [4.78, 5) is 4.14. The van der Waals surface area contributed by atoms with Crippen molar-refractivity contribution in [3.05, 3.63) is 29.8 Å². The molecule has 2 rings (SSSR count). The van der Waals surface area contributed by atoms with Gasteiger partial charge in [0.1, 0.15) is 5.75 Å². The first-order valence-corrected chi connectivity index (χ1v) is 7.63. The number of halogens is 2. The van der Waals surface area contributed by atoms with Crippen LogP contribution in [0.3, 0.4) is 0 Å². The van der Waals surface area contributed by atoms with E-state index in [4.69, 9.17) is 4.74 Å². The van der Waals surface area contributed by atoms with Crippen molar-refractivity contribution in [3.8, 4) is 5.75 Å². The van der Waals surface area contributed by atoms with Gasteiger partial charge >= 0.3 is 6.61 Å². The first-order chi connectivity index (χ1) is 11.0. The maximum absolute atomic E-state index is 12.4. The summed E-state index contributed by atoms with van der Waals surface area (Å²) >= 11 is 0. The lowest BCUT2D eigenvalue weighted by atomic mass is 10.0. The Bertz CT molecular complexity index is 532. The molecule has 1 aliphatic heterocycles. The number of hydrogen-bond donors (Lipinski definition) is 2. The average molecular weight is 327 g/mol. The third-order valence-corrected chi connectivity index (χ3v) is 3.79. The summed E-state index contributed by atoms with van der Waals surface area (Å²) in [6, 6.07) is 6.69. The van der Waals surface area contributed by atoms with Gasteiger partial charge in [-0.15, -0.1) is 0 Å². The number of hydrogen-bond acceptors (Lipinski definition) is 3. The minimum Gasteiger partial charge on any atom is -0.434 e. The Hall–Kier alpha value is -1.89. The van der Waals surface area contributed by atoms with Crippen molar-refractivity contribution in [1.29, 1.82) is 0 Å². The molecule has 1 fully saturated rings. The SMILES string of the molecule is CN=C(NCc1ccccc1OC(F)F)NCC1(C)CCCO1. The van der Waals surface area contributed by atoms with Gasteiger partial charge in [0.2, 0.25) is 0 Å². The normalized spacial score (nSPS) is 21.5. The maximum Gasteiger partial charge on any atom is 0.387 e. The molecule has 0 aliphatic carbocycles. The molecular weight excluding hydrogens is 304 g/mol. The van der Waals surface area contributed by atoms with E-state index >= 15 is 0 Å². The second kappa shape index (κ2) is 8.10. The molecule has 0 saturated carbocycles. The number of benzene rings is 1. The third kappa shape index (κ3) is 5.35. The highest BCUT2D eigenvalue weighted by atomic mass is 19.3. The van der Waals surface area contributed by atoms with Crippen LogP contribution in [0.5, 0.6) is 5.75 Å². The van der Waals surface area contributed by atoms with Gasteiger partial charge in [0.25, 0.3) is 0 Å². The van der Waals surface area contributed by atoms with E-state index in [1.54, 1.807) is 25.2 Å². The summed E-state index contributed by atoms with van der Waals surface area (Å²) in [5, 5.41) is 6.31. The van der Waals surface area contributed by atoms with Gasteiger partial charge in [0.15, 0.2) is 5.96 Å². The molecule has 0 radical (unpaired) electrons. The zero-order valence-corrected chi connectivity index (χ0v) is 13.4. The van der Waals surface area contributed by atoms with Gasteiger partial charge in [0.05, 0.1) is 5.60 Å². The summed E-state index contributed by atoms with van der Waals surface area (Å²) in [6.07, 6.45) is 2.06. The number of aliphatic imine (C=N–C) groups is 1. The van der Waals surface area contributed by atoms with E-state index < -0.39 is 6.61 Å². The molecule has 0 aromatic heterocycles. The number of nitrogens with zero attached hydrogens (tertiary/aromatic N) is 1. The van der Waals surface area contributed by atoms with Crippen LogP contribution in [0.4, 0.5) is 8.78 Å². The summed E-state index contributed by atoms with van der Waals surface area (Å²) in [7, 11) is 1.66. The molecule has 0 spiro atoms. The molecule has 2 N–H and O–H groups in total. The van der Waals surface area contributed by atoms with E-state index in [0.717, 1.165) is 19.4 Å². The van der Waals surface area contributed by atoms with Crippen molar-refractivity contribution >= 4 is 5.96 Å². The number of para-hydroxylation sites is 1. The van der Waals surface area contributed by atoms with Gasteiger partial charge < -0.3 is 20.1 Å². The van der Waals surface area contributed by atoms with Crippen LogP contribution in [-0.2, 0) is 11.3 Å². The van der Waals surface area contributed by atoms with E-state index in [1.165, 1.54) is 6.07 Å². The van der Waals surface area contributed by atoms with Crippen molar-refractivity contribution < 1.29 is 18.3 Å². The fraction of sp³-hybridized carbons (Fsp3) is 0.562. The highest BCUT2D eigenvalue weighted by Gasteiger charge is 2.29. The van der Waals surface area contributed by atoms with Crippen molar-refractivity contribution in [2.75, 3.05) is 20.2 Å². The molecule has 0 bridgehead atoms. The molecule has 1 saturated heterocycles. The molecule has 1 aromatic rings. The number of nitrogens with one attached hydrogen (secondary N) is 2. The second-order valence-electron chi connectivity index (χ2n) is 5.67. The molecule has 128 valence electrons. The fourth-order valence-electron chi connectivity index (χ4n) is 2.51. The summed E-state index contributed by atoms with van der Waals surface area (Å²) < 4.78 is 35.0. The van der Waals surface area contributed by atoms with E-state index in [9.17, 15) is 8.78 Å².